The second kappa shape index (κ2) is 9.70. The van der Waals surface area contributed by atoms with E-state index in [1.807, 2.05) is 85.1 Å². The molecule has 0 aliphatic heterocycles. The summed E-state index contributed by atoms with van der Waals surface area (Å²) in [5.74, 6) is 2.60. The fourth-order valence-corrected chi connectivity index (χ4v) is 6.18. The first-order valence-corrected chi connectivity index (χ1v) is 14.2. The standard InChI is InChI=1S/C35H21N5S/c1-2-8-22(9-3-1)33-38-34(24-16-14-23(15-17-24)32-36-21-26-10-4-6-12-29(26)37-32)40-35(39-33)25-18-19-31-28(20-25)27-11-5-7-13-30(27)41-31/h1-21H. The Morgan fingerprint density at radius 2 is 1.00 bits per heavy atom. The molecule has 0 radical (unpaired) electrons. The maximum atomic E-state index is 4.96. The summed E-state index contributed by atoms with van der Waals surface area (Å²) in [6, 6.07) is 41.1. The Hall–Kier alpha value is -5.33. The third kappa shape index (κ3) is 4.31. The number of nitrogens with zero attached hydrogens (tertiary/aromatic N) is 5. The highest BCUT2D eigenvalue weighted by molar-refractivity contribution is 7.25. The second-order valence-corrected chi connectivity index (χ2v) is 10.9. The SMILES string of the molecule is c1ccc(-c2nc(-c3ccc(-c4ncc5ccccc5n4)cc3)nc(-c3ccc4sc5ccccc5c4c3)n2)cc1. The third-order valence-corrected chi connectivity index (χ3v) is 8.34. The van der Waals surface area contributed by atoms with E-state index >= 15 is 0 Å². The molecular weight excluding hydrogens is 522 g/mol. The topological polar surface area (TPSA) is 64.5 Å². The third-order valence-electron chi connectivity index (χ3n) is 7.19. The molecule has 0 bridgehead atoms. The maximum absolute atomic E-state index is 4.96. The van der Waals surface area contributed by atoms with Crippen LogP contribution in [0, 0.1) is 0 Å². The quantitative estimate of drug-likeness (QED) is 0.222. The molecule has 41 heavy (non-hydrogen) atoms. The van der Waals surface area contributed by atoms with Crippen molar-refractivity contribution in [3.05, 3.63) is 128 Å². The molecule has 0 aliphatic rings. The van der Waals surface area contributed by atoms with Gasteiger partial charge in [0, 0.05) is 54.0 Å². The summed E-state index contributed by atoms with van der Waals surface area (Å²) < 4.78 is 2.52. The van der Waals surface area contributed by atoms with Gasteiger partial charge in [0.05, 0.1) is 5.52 Å². The van der Waals surface area contributed by atoms with Crippen molar-refractivity contribution in [2.75, 3.05) is 0 Å². The monoisotopic (exact) mass is 543 g/mol. The largest absolute Gasteiger partial charge is 0.236 e. The van der Waals surface area contributed by atoms with Crippen LogP contribution in [0.3, 0.4) is 0 Å². The van der Waals surface area contributed by atoms with Crippen LogP contribution >= 0.6 is 11.3 Å². The molecule has 8 aromatic rings. The molecular formula is C35H21N5S. The van der Waals surface area contributed by atoms with Gasteiger partial charge in [-0.05, 0) is 30.3 Å². The highest BCUT2D eigenvalue weighted by Crippen LogP contribution is 2.36. The summed E-state index contributed by atoms with van der Waals surface area (Å²) >= 11 is 1.80. The molecule has 3 aromatic heterocycles. The maximum Gasteiger partial charge on any atom is 0.164 e. The molecule has 0 saturated carbocycles. The lowest BCUT2D eigenvalue weighted by molar-refractivity contribution is 1.07. The van der Waals surface area contributed by atoms with Crippen molar-refractivity contribution in [2.24, 2.45) is 0 Å². The van der Waals surface area contributed by atoms with Crippen molar-refractivity contribution in [3.8, 4) is 45.6 Å². The lowest BCUT2D eigenvalue weighted by Gasteiger charge is -2.09. The molecule has 192 valence electrons. The van der Waals surface area contributed by atoms with E-state index in [0.717, 1.165) is 33.2 Å². The van der Waals surface area contributed by atoms with Crippen LogP contribution in [0.5, 0.6) is 0 Å². The number of fused-ring (bicyclic) bond motifs is 4. The van der Waals surface area contributed by atoms with Crippen LogP contribution in [0.4, 0.5) is 0 Å². The van der Waals surface area contributed by atoms with Gasteiger partial charge in [-0.15, -0.1) is 11.3 Å². The Bertz CT molecular complexity index is 2210. The zero-order chi connectivity index (χ0) is 27.2. The van der Waals surface area contributed by atoms with Crippen LogP contribution in [-0.4, -0.2) is 24.9 Å². The Morgan fingerprint density at radius 1 is 0.415 bits per heavy atom. The van der Waals surface area contributed by atoms with Gasteiger partial charge in [0.1, 0.15) is 0 Å². The van der Waals surface area contributed by atoms with E-state index in [4.69, 9.17) is 19.9 Å². The van der Waals surface area contributed by atoms with Gasteiger partial charge in [0.2, 0.25) is 0 Å². The van der Waals surface area contributed by atoms with E-state index in [2.05, 4.69) is 47.4 Å². The van der Waals surface area contributed by atoms with Crippen molar-refractivity contribution in [3.63, 3.8) is 0 Å². The fraction of sp³-hybridized carbons (Fsp3) is 0. The van der Waals surface area contributed by atoms with Crippen LogP contribution in [-0.2, 0) is 0 Å². The summed E-state index contributed by atoms with van der Waals surface area (Å²) in [7, 11) is 0. The van der Waals surface area contributed by atoms with Crippen molar-refractivity contribution < 1.29 is 0 Å². The number of thiophene rings is 1. The van der Waals surface area contributed by atoms with Crippen LogP contribution in [0.25, 0.3) is 76.6 Å². The van der Waals surface area contributed by atoms with Crippen molar-refractivity contribution in [1.82, 2.24) is 24.9 Å². The first-order valence-electron chi connectivity index (χ1n) is 13.3. The lowest BCUT2D eigenvalue weighted by Crippen LogP contribution is -2.00. The molecule has 0 saturated heterocycles. The Morgan fingerprint density at radius 3 is 1.80 bits per heavy atom. The van der Waals surface area contributed by atoms with Gasteiger partial charge in [0.25, 0.3) is 0 Å². The van der Waals surface area contributed by atoms with Crippen LogP contribution in [0.15, 0.2) is 128 Å². The van der Waals surface area contributed by atoms with Gasteiger partial charge in [-0.1, -0.05) is 91.0 Å². The van der Waals surface area contributed by atoms with E-state index in [1.165, 1.54) is 20.2 Å². The highest BCUT2D eigenvalue weighted by Gasteiger charge is 2.14. The second-order valence-electron chi connectivity index (χ2n) is 9.81. The molecule has 0 spiro atoms. The van der Waals surface area contributed by atoms with Crippen molar-refractivity contribution >= 4 is 42.4 Å². The first-order chi connectivity index (χ1) is 20.3. The molecule has 0 aliphatic carbocycles. The zero-order valence-corrected chi connectivity index (χ0v) is 22.6. The number of aromatic nitrogens is 5. The normalized spacial score (nSPS) is 11.4. The summed E-state index contributed by atoms with van der Waals surface area (Å²) in [6.45, 7) is 0. The van der Waals surface area contributed by atoms with Crippen LogP contribution in [0.1, 0.15) is 0 Å². The summed E-state index contributed by atoms with van der Waals surface area (Å²) in [6.07, 6.45) is 1.86. The first kappa shape index (κ1) is 23.5. The molecule has 0 amide bonds. The number of hydrogen-bond acceptors (Lipinski definition) is 6. The van der Waals surface area contributed by atoms with Gasteiger partial charge in [-0.2, -0.15) is 0 Å². The number of hydrogen-bond donors (Lipinski definition) is 0. The Labute approximate surface area is 239 Å². The highest BCUT2D eigenvalue weighted by atomic mass is 32.1. The van der Waals surface area contributed by atoms with Crippen LogP contribution in [0.2, 0.25) is 0 Å². The predicted molar refractivity (Wildman–Crippen MR) is 168 cm³/mol. The minimum Gasteiger partial charge on any atom is -0.236 e. The minimum atomic E-state index is 0.620. The molecule has 8 rings (SSSR count). The van der Waals surface area contributed by atoms with E-state index < -0.39 is 0 Å². The summed E-state index contributed by atoms with van der Waals surface area (Å²) in [4.78, 5) is 24.1. The zero-order valence-electron chi connectivity index (χ0n) is 21.8. The Balaban J connectivity index is 1.24. The van der Waals surface area contributed by atoms with Gasteiger partial charge < -0.3 is 0 Å². The van der Waals surface area contributed by atoms with E-state index in [-0.39, 0.29) is 0 Å². The van der Waals surface area contributed by atoms with Gasteiger partial charge >= 0.3 is 0 Å². The van der Waals surface area contributed by atoms with E-state index in [0.29, 0.717) is 23.3 Å². The molecule has 5 nitrogen and oxygen atoms in total. The predicted octanol–water partition coefficient (Wildman–Crippen LogP) is 8.85. The minimum absolute atomic E-state index is 0.620. The molecule has 0 fully saturated rings. The number of rotatable bonds is 4. The van der Waals surface area contributed by atoms with Gasteiger partial charge in [-0.3, -0.25) is 0 Å². The molecule has 3 heterocycles. The summed E-state index contributed by atoms with van der Waals surface area (Å²) in [5, 5.41) is 3.48. The number of benzene rings is 5. The molecule has 0 N–H and O–H groups in total. The summed E-state index contributed by atoms with van der Waals surface area (Å²) in [5.41, 5.74) is 4.67. The average Bonchev–Trinajstić information content (AvgIpc) is 3.43. The Kier molecular flexibility index (Phi) is 5.57. The van der Waals surface area contributed by atoms with Gasteiger partial charge in [-0.25, -0.2) is 24.9 Å². The molecule has 5 aromatic carbocycles. The fourth-order valence-electron chi connectivity index (χ4n) is 5.10. The van der Waals surface area contributed by atoms with E-state index in [9.17, 15) is 0 Å². The van der Waals surface area contributed by atoms with Crippen molar-refractivity contribution in [1.29, 1.82) is 0 Å². The van der Waals surface area contributed by atoms with Crippen molar-refractivity contribution in [2.45, 2.75) is 0 Å². The average molecular weight is 544 g/mol. The smallest absolute Gasteiger partial charge is 0.164 e. The van der Waals surface area contributed by atoms with Crippen LogP contribution < -0.4 is 0 Å². The van der Waals surface area contributed by atoms with E-state index in [1.54, 1.807) is 11.3 Å². The lowest BCUT2D eigenvalue weighted by atomic mass is 10.1. The molecule has 0 atom stereocenters. The molecule has 0 unspecified atom stereocenters. The number of para-hydroxylation sites is 1. The molecule has 6 heteroatoms. The van der Waals surface area contributed by atoms with Gasteiger partial charge in [0.15, 0.2) is 23.3 Å².